The van der Waals surface area contributed by atoms with E-state index < -0.39 is 0 Å². The zero-order chi connectivity index (χ0) is 17.8. The van der Waals surface area contributed by atoms with Crippen LogP contribution in [0.5, 0.6) is 11.5 Å². The van der Waals surface area contributed by atoms with E-state index in [0.29, 0.717) is 22.2 Å². The van der Waals surface area contributed by atoms with Crippen LogP contribution in [0.1, 0.15) is 10.4 Å². The summed E-state index contributed by atoms with van der Waals surface area (Å²) in [6.07, 6.45) is 3.12. The molecule has 0 saturated carbocycles. The van der Waals surface area contributed by atoms with Crippen LogP contribution in [0.15, 0.2) is 46.5 Å². The van der Waals surface area contributed by atoms with Crippen molar-refractivity contribution in [3.63, 3.8) is 0 Å². The fourth-order valence-electron chi connectivity index (χ4n) is 2.16. The molecule has 0 aliphatic heterocycles. The molecule has 1 N–H and O–H groups in total. The van der Waals surface area contributed by atoms with Gasteiger partial charge in [-0.3, -0.25) is 15.1 Å². The molecule has 128 valence electrons. The van der Waals surface area contributed by atoms with Crippen LogP contribution in [0.3, 0.4) is 0 Å². The Kier molecular flexibility index (Phi) is 5.30. The van der Waals surface area contributed by atoms with Crippen molar-refractivity contribution in [1.29, 1.82) is 0 Å². The Morgan fingerprint density at radius 1 is 1.16 bits per heavy atom. The molecule has 1 amide bonds. The first-order valence-corrected chi connectivity index (χ1v) is 8.88. The molecule has 2 aromatic heterocycles. The number of halogens is 1. The van der Waals surface area contributed by atoms with E-state index in [4.69, 9.17) is 9.47 Å². The third-order valence-corrected chi connectivity index (χ3v) is 4.56. The number of pyridine rings is 1. The summed E-state index contributed by atoms with van der Waals surface area (Å²) in [6.45, 7) is 0. The third kappa shape index (κ3) is 3.97. The predicted molar refractivity (Wildman–Crippen MR) is 101 cm³/mol. The SMILES string of the molecule is COc1ccc(-c2csc(NC(=O)c3cncc(Br)c3)n2)cc1OC. The summed E-state index contributed by atoms with van der Waals surface area (Å²) in [6, 6.07) is 7.25. The summed E-state index contributed by atoms with van der Waals surface area (Å²) >= 11 is 4.65. The van der Waals surface area contributed by atoms with Crippen LogP contribution in [-0.2, 0) is 0 Å². The molecular weight excluding hydrogens is 406 g/mol. The highest BCUT2D eigenvalue weighted by Crippen LogP contribution is 2.33. The van der Waals surface area contributed by atoms with Gasteiger partial charge < -0.3 is 9.47 Å². The lowest BCUT2D eigenvalue weighted by atomic mass is 10.1. The van der Waals surface area contributed by atoms with E-state index in [1.165, 1.54) is 17.5 Å². The number of hydrogen-bond donors (Lipinski definition) is 1. The van der Waals surface area contributed by atoms with Gasteiger partial charge in [-0.15, -0.1) is 11.3 Å². The Balaban J connectivity index is 1.79. The second kappa shape index (κ2) is 7.62. The minimum Gasteiger partial charge on any atom is -0.493 e. The quantitative estimate of drug-likeness (QED) is 0.669. The molecule has 8 heteroatoms. The molecule has 0 radical (unpaired) electrons. The Hall–Kier alpha value is -2.45. The minimum absolute atomic E-state index is 0.262. The molecule has 2 heterocycles. The van der Waals surface area contributed by atoms with Crippen molar-refractivity contribution < 1.29 is 14.3 Å². The molecule has 25 heavy (non-hydrogen) atoms. The number of rotatable bonds is 5. The van der Waals surface area contributed by atoms with Gasteiger partial charge in [0.2, 0.25) is 0 Å². The largest absolute Gasteiger partial charge is 0.493 e. The Morgan fingerprint density at radius 3 is 2.68 bits per heavy atom. The van der Waals surface area contributed by atoms with E-state index in [1.54, 1.807) is 26.5 Å². The first-order chi connectivity index (χ1) is 12.1. The highest BCUT2D eigenvalue weighted by Gasteiger charge is 2.12. The average molecular weight is 420 g/mol. The number of ether oxygens (including phenoxy) is 2. The first kappa shape index (κ1) is 17.4. The summed E-state index contributed by atoms with van der Waals surface area (Å²) in [7, 11) is 3.17. The summed E-state index contributed by atoms with van der Waals surface area (Å²) < 4.78 is 11.3. The monoisotopic (exact) mass is 419 g/mol. The number of nitrogens with one attached hydrogen (secondary N) is 1. The maximum atomic E-state index is 12.3. The summed E-state index contributed by atoms with van der Waals surface area (Å²) in [5.41, 5.74) is 2.07. The highest BCUT2D eigenvalue weighted by atomic mass is 79.9. The van der Waals surface area contributed by atoms with Crippen molar-refractivity contribution in [2.24, 2.45) is 0 Å². The van der Waals surface area contributed by atoms with E-state index in [0.717, 1.165) is 15.7 Å². The molecule has 1 aromatic carbocycles. The number of carbonyl (C=O) groups excluding carboxylic acids is 1. The summed E-state index contributed by atoms with van der Waals surface area (Å²) in [5.74, 6) is 1.01. The van der Waals surface area contributed by atoms with Gasteiger partial charge in [0.25, 0.3) is 5.91 Å². The first-order valence-electron chi connectivity index (χ1n) is 7.20. The van der Waals surface area contributed by atoms with Gasteiger partial charge in [-0.25, -0.2) is 4.98 Å². The lowest BCUT2D eigenvalue weighted by molar-refractivity contribution is 0.102. The third-order valence-electron chi connectivity index (χ3n) is 3.37. The number of hydrogen-bond acceptors (Lipinski definition) is 6. The number of amides is 1. The van der Waals surface area contributed by atoms with E-state index in [-0.39, 0.29) is 5.91 Å². The normalized spacial score (nSPS) is 10.4. The predicted octanol–water partition coefficient (Wildman–Crippen LogP) is 4.24. The lowest BCUT2D eigenvalue weighted by Gasteiger charge is -2.08. The van der Waals surface area contributed by atoms with Crippen LogP contribution in [0.4, 0.5) is 5.13 Å². The molecular formula is C17H14BrN3O3S. The molecule has 0 bridgehead atoms. The fourth-order valence-corrected chi connectivity index (χ4v) is 3.24. The van der Waals surface area contributed by atoms with Crippen LogP contribution in [-0.4, -0.2) is 30.1 Å². The summed E-state index contributed by atoms with van der Waals surface area (Å²) in [4.78, 5) is 20.7. The zero-order valence-electron chi connectivity index (χ0n) is 13.4. The molecule has 0 saturated heterocycles. The van der Waals surface area contributed by atoms with Crippen LogP contribution < -0.4 is 14.8 Å². The van der Waals surface area contributed by atoms with Gasteiger partial charge >= 0.3 is 0 Å². The number of anilines is 1. The molecule has 6 nitrogen and oxygen atoms in total. The van der Waals surface area contributed by atoms with E-state index in [9.17, 15) is 4.79 Å². The van der Waals surface area contributed by atoms with E-state index in [1.807, 2.05) is 23.6 Å². The molecule has 0 aliphatic rings. The minimum atomic E-state index is -0.262. The van der Waals surface area contributed by atoms with Gasteiger partial charge in [-0.1, -0.05) is 0 Å². The van der Waals surface area contributed by atoms with Crippen molar-refractivity contribution in [3.8, 4) is 22.8 Å². The number of aromatic nitrogens is 2. The van der Waals surface area contributed by atoms with Crippen molar-refractivity contribution in [1.82, 2.24) is 9.97 Å². The van der Waals surface area contributed by atoms with Crippen molar-refractivity contribution in [3.05, 3.63) is 52.1 Å². The maximum absolute atomic E-state index is 12.3. The van der Waals surface area contributed by atoms with Gasteiger partial charge in [0, 0.05) is 27.8 Å². The van der Waals surface area contributed by atoms with Gasteiger partial charge in [0.05, 0.1) is 25.5 Å². The van der Waals surface area contributed by atoms with Crippen molar-refractivity contribution in [2.75, 3.05) is 19.5 Å². The topological polar surface area (TPSA) is 73.3 Å². The number of carbonyl (C=O) groups is 1. The smallest absolute Gasteiger partial charge is 0.259 e. The number of thiazole rings is 1. The molecule has 0 fully saturated rings. The molecule has 3 rings (SSSR count). The lowest BCUT2D eigenvalue weighted by Crippen LogP contribution is -2.11. The number of benzene rings is 1. The molecule has 3 aromatic rings. The van der Waals surface area contributed by atoms with Crippen molar-refractivity contribution in [2.45, 2.75) is 0 Å². The average Bonchev–Trinajstić information content (AvgIpc) is 3.09. The fraction of sp³-hybridized carbons (Fsp3) is 0.118. The van der Waals surface area contributed by atoms with Crippen LogP contribution in [0.2, 0.25) is 0 Å². The molecule has 0 unspecified atom stereocenters. The molecule has 0 aliphatic carbocycles. The van der Waals surface area contributed by atoms with Gasteiger partial charge in [0.1, 0.15) is 0 Å². The Labute approximate surface area is 157 Å². The Bertz CT molecular complexity index is 914. The van der Waals surface area contributed by atoms with E-state index >= 15 is 0 Å². The van der Waals surface area contributed by atoms with Crippen LogP contribution in [0.25, 0.3) is 11.3 Å². The van der Waals surface area contributed by atoms with Crippen molar-refractivity contribution >= 4 is 38.3 Å². The molecule has 0 atom stereocenters. The number of methoxy groups -OCH3 is 2. The Morgan fingerprint density at radius 2 is 1.96 bits per heavy atom. The highest BCUT2D eigenvalue weighted by molar-refractivity contribution is 9.10. The standard InChI is InChI=1S/C17H14BrN3O3S/c1-23-14-4-3-10(6-15(14)24-2)13-9-25-17(20-13)21-16(22)11-5-12(18)8-19-7-11/h3-9H,1-2H3,(H,20,21,22). The molecule has 0 spiro atoms. The second-order valence-corrected chi connectivity index (χ2v) is 6.73. The van der Waals surface area contributed by atoms with E-state index in [2.05, 4.69) is 31.2 Å². The summed E-state index contributed by atoms with van der Waals surface area (Å²) in [5, 5.41) is 5.16. The van der Waals surface area contributed by atoms with Crippen LogP contribution >= 0.6 is 27.3 Å². The number of nitrogens with zero attached hydrogens (tertiary/aromatic N) is 2. The van der Waals surface area contributed by atoms with Gasteiger partial charge in [-0.2, -0.15) is 0 Å². The zero-order valence-corrected chi connectivity index (χ0v) is 15.8. The maximum Gasteiger partial charge on any atom is 0.259 e. The second-order valence-electron chi connectivity index (χ2n) is 4.95. The van der Waals surface area contributed by atoms with Gasteiger partial charge in [0.15, 0.2) is 16.6 Å². The van der Waals surface area contributed by atoms with Gasteiger partial charge in [-0.05, 0) is 40.2 Å². The van der Waals surface area contributed by atoms with Crippen LogP contribution in [0, 0.1) is 0 Å².